The molecule has 2 N–H and O–H groups in total. The number of benzene rings is 1. The quantitative estimate of drug-likeness (QED) is 0.377. The molecule has 2 rings (SSSR count). The molecule has 0 amide bonds. The van der Waals surface area contributed by atoms with Gasteiger partial charge in [-0.05, 0) is 30.5 Å². The summed E-state index contributed by atoms with van der Waals surface area (Å²) in [4.78, 5) is 5.49. The number of aliphatic imine (C=N–C) groups is 1. The number of rotatable bonds is 7. The van der Waals surface area contributed by atoms with E-state index in [0.717, 1.165) is 24.0 Å². The number of methoxy groups -OCH3 is 1. The van der Waals surface area contributed by atoms with Crippen molar-refractivity contribution in [1.29, 1.82) is 0 Å². The van der Waals surface area contributed by atoms with Gasteiger partial charge in [0.05, 0.1) is 20.2 Å². The van der Waals surface area contributed by atoms with E-state index in [0.29, 0.717) is 6.54 Å². The average Bonchev–Trinajstić information content (AvgIpc) is 3.09. The fraction of sp³-hybridized carbons (Fsp3) is 0.353. The standard InChI is InChI=1S/C17H23N3O2S.HI/c1-13(22-16-9-5-4-8-15(16)21-3)11-19-17(18-2)20-12-14-7-6-10-23-14;/h4-10,13H,11-12H2,1-3H3,(H2,18,19,20);1H. The van der Waals surface area contributed by atoms with Crippen LogP contribution in [-0.2, 0) is 6.54 Å². The minimum absolute atomic E-state index is 0. The van der Waals surface area contributed by atoms with Crippen LogP contribution in [0.3, 0.4) is 0 Å². The molecule has 0 bridgehead atoms. The summed E-state index contributed by atoms with van der Waals surface area (Å²) in [5.41, 5.74) is 0. The molecule has 1 aromatic heterocycles. The third-order valence-electron chi connectivity index (χ3n) is 3.19. The Morgan fingerprint density at radius 2 is 1.92 bits per heavy atom. The lowest BCUT2D eigenvalue weighted by Gasteiger charge is -2.18. The Kier molecular flexibility index (Phi) is 9.55. The van der Waals surface area contributed by atoms with E-state index in [1.54, 1.807) is 25.5 Å². The van der Waals surface area contributed by atoms with Gasteiger partial charge in [-0.2, -0.15) is 0 Å². The monoisotopic (exact) mass is 461 g/mol. The Morgan fingerprint density at radius 3 is 2.54 bits per heavy atom. The third kappa shape index (κ3) is 6.56. The van der Waals surface area contributed by atoms with Crippen LogP contribution < -0.4 is 20.1 Å². The van der Waals surface area contributed by atoms with Crippen molar-refractivity contribution in [3.8, 4) is 11.5 Å². The number of hydrogen-bond donors (Lipinski definition) is 2. The number of guanidine groups is 1. The van der Waals surface area contributed by atoms with Gasteiger partial charge in [-0.3, -0.25) is 4.99 Å². The van der Waals surface area contributed by atoms with Crippen molar-refractivity contribution in [2.24, 2.45) is 4.99 Å². The lowest BCUT2D eigenvalue weighted by atomic mass is 10.3. The van der Waals surface area contributed by atoms with Gasteiger partial charge in [0.2, 0.25) is 0 Å². The summed E-state index contributed by atoms with van der Waals surface area (Å²) in [6, 6.07) is 11.8. The van der Waals surface area contributed by atoms with E-state index in [1.807, 2.05) is 37.3 Å². The van der Waals surface area contributed by atoms with Gasteiger partial charge >= 0.3 is 0 Å². The van der Waals surface area contributed by atoms with E-state index >= 15 is 0 Å². The maximum absolute atomic E-state index is 5.91. The summed E-state index contributed by atoms with van der Waals surface area (Å²) in [7, 11) is 3.40. The van der Waals surface area contributed by atoms with Crippen LogP contribution in [0.5, 0.6) is 11.5 Å². The van der Waals surface area contributed by atoms with Crippen LogP contribution in [0.15, 0.2) is 46.8 Å². The van der Waals surface area contributed by atoms with E-state index in [-0.39, 0.29) is 30.1 Å². The van der Waals surface area contributed by atoms with E-state index in [4.69, 9.17) is 9.47 Å². The van der Waals surface area contributed by atoms with E-state index in [9.17, 15) is 0 Å². The molecule has 0 aliphatic carbocycles. The maximum atomic E-state index is 5.91. The zero-order valence-electron chi connectivity index (χ0n) is 14.1. The molecule has 132 valence electrons. The van der Waals surface area contributed by atoms with E-state index in [2.05, 4.69) is 27.1 Å². The van der Waals surface area contributed by atoms with Crippen molar-refractivity contribution in [1.82, 2.24) is 10.6 Å². The van der Waals surface area contributed by atoms with Gasteiger partial charge in [0, 0.05) is 11.9 Å². The smallest absolute Gasteiger partial charge is 0.191 e. The van der Waals surface area contributed by atoms with Crippen LogP contribution in [0.4, 0.5) is 0 Å². The Hall–Kier alpha value is -1.48. The molecule has 0 radical (unpaired) electrons. The van der Waals surface area contributed by atoms with Crippen LogP contribution >= 0.6 is 35.3 Å². The average molecular weight is 461 g/mol. The van der Waals surface area contributed by atoms with E-state index in [1.165, 1.54) is 4.88 Å². The largest absolute Gasteiger partial charge is 0.493 e. The Bertz CT molecular complexity index is 620. The highest BCUT2D eigenvalue weighted by Gasteiger charge is 2.09. The highest BCUT2D eigenvalue weighted by Crippen LogP contribution is 2.26. The molecule has 0 aliphatic rings. The highest BCUT2D eigenvalue weighted by atomic mass is 127. The van der Waals surface area contributed by atoms with Crippen LogP contribution in [0.2, 0.25) is 0 Å². The number of para-hydroxylation sites is 2. The lowest BCUT2D eigenvalue weighted by Crippen LogP contribution is -2.41. The van der Waals surface area contributed by atoms with Gasteiger partial charge in [0.25, 0.3) is 0 Å². The molecular weight excluding hydrogens is 437 g/mol. The minimum Gasteiger partial charge on any atom is -0.493 e. The molecule has 0 fully saturated rings. The van der Waals surface area contributed by atoms with Crippen molar-refractivity contribution in [3.63, 3.8) is 0 Å². The predicted molar refractivity (Wildman–Crippen MR) is 111 cm³/mol. The maximum Gasteiger partial charge on any atom is 0.191 e. The first kappa shape index (κ1) is 20.6. The second-order valence-corrected chi connectivity index (χ2v) is 6.00. The molecule has 0 saturated carbocycles. The molecule has 7 heteroatoms. The lowest BCUT2D eigenvalue weighted by molar-refractivity contribution is 0.213. The number of nitrogens with zero attached hydrogens (tertiary/aromatic N) is 1. The van der Waals surface area contributed by atoms with Gasteiger partial charge < -0.3 is 20.1 Å². The SMILES string of the molecule is CN=C(NCc1cccs1)NCC(C)Oc1ccccc1OC.I. The first-order valence-electron chi connectivity index (χ1n) is 7.49. The van der Waals surface area contributed by atoms with Crippen molar-refractivity contribution in [3.05, 3.63) is 46.7 Å². The fourth-order valence-corrected chi connectivity index (χ4v) is 2.66. The molecule has 0 aliphatic heterocycles. The van der Waals surface area contributed by atoms with Gasteiger partial charge in [-0.25, -0.2) is 0 Å². The summed E-state index contributed by atoms with van der Waals surface area (Å²) in [6.07, 6.45) is -0.0217. The number of hydrogen-bond acceptors (Lipinski definition) is 4. The molecule has 0 spiro atoms. The topological polar surface area (TPSA) is 54.9 Å². The van der Waals surface area contributed by atoms with Crippen LogP contribution in [-0.4, -0.2) is 32.8 Å². The number of nitrogens with one attached hydrogen (secondary N) is 2. The molecule has 24 heavy (non-hydrogen) atoms. The molecule has 1 atom stereocenters. The van der Waals surface area contributed by atoms with Crippen LogP contribution in [0.1, 0.15) is 11.8 Å². The Balaban J connectivity index is 0.00000288. The summed E-state index contributed by atoms with van der Waals surface area (Å²) in [6.45, 7) is 3.41. The number of halogens is 1. The molecular formula is C17H24IN3O2S. The number of ether oxygens (including phenoxy) is 2. The second kappa shape index (κ2) is 11.1. The van der Waals surface area contributed by atoms with Crippen LogP contribution in [0.25, 0.3) is 0 Å². The van der Waals surface area contributed by atoms with Gasteiger partial charge in [-0.1, -0.05) is 18.2 Å². The van der Waals surface area contributed by atoms with Crippen molar-refractivity contribution in [2.75, 3.05) is 20.7 Å². The summed E-state index contributed by atoms with van der Waals surface area (Å²) >= 11 is 1.72. The molecule has 1 heterocycles. The zero-order chi connectivity index (χ0) is 16.5. The summed E-state index contributed by atoms with van der Waals surface area (Å²) in [5, 5.41) is 8.62. The third-order valence-corrected chi connectivity index (χ3v) is 4.06. The highest BCUT2D eigenvalue weighted by molar-refractivity contribution is 14.0. The van der Waals surface area contributed by atoms with Gasteiger partial charge in [-0.15, -0.1) is 35.3 Å². The molecule has 1 unspecified atom stereocenters. The summed E-state index contributed by atoms with van der Waals surface area (Å²) < 4.78 is 11.2. The fourth-order valence-electron chi connectivity index (χ4n) is 2.02. The predicted octanol–water partition coefficient (Wildman–Crippen LogP) is 3.51. The molecule has 2 aromatic rings. The number of thiophene rings is 1. The first-order chi connectivity index (χ1) is 11.2. The van der Waals surface area contributed by atoms with Crippen molar-refractivity contribution >= 4 is 41.3 Å². The van der Waals surface area contributed by atoms with Crippen molar-refractivity contribution < 1.29 is 9.47 Å². The van der Waals surface area contributed by atoms with Gasteiger partial charge in [0.1, 0.15) is 6.10 Å². The Morgan fingerprint density at radius 1 is 1.17 bits per heavy atom. The van der Waals surface area contributed by atoms with Gasteiger partial charge in [0.15, 0.2) is 17.5 Å². The first-order valence-corrected chi connectivity index (χ1v) is 8.37. The summed E-state index contributed by atoms with van der Waals surface area (Å²) in [5.74, 6) is 2.24. The minimum atomic E-state index is -0.0217. The Labute approximate surface area is 164 Å². The molecule has 0 saturated heterocycles. The normalized spacial score (nSPS) is 12.0. The van der Waals surface area contributed by atoms with Crippen molar-refractivity contribution in [2.45, 2.75) is 19.6 Å². The zero-order valence-corrected chi connectivity index (χ0v) is 17.3. The second-order valence-electron chi connectivity index (χ2n) is 4.97. The molecule has 5 nitrogen and oxygen atoms in total. The van der Waals surface area contributed by atoms with Crippen LogP contribution in [0, 0.1) is 0 Å². The van der Waals surface area contributed by atoms with E-state index < -0.39 is 0 Å². The molecule has 1 aromatic carbocycles.